The van der Waals surface area contributed by atoms with Gasteiger partial charge in [-0.25, -0.2) is 0 Å². The Morgan fingerprint density at radius 3 is 2.81 bits per heavy atom. The zero-order valence-corrected chi connectivity index (χ0v) is 10.5. The third-order valence-corrected chi connectivity index (χ3v) is 2.32. The van der Waals surface area contributed by atoms with E-state index in [1.807, 2.05) is 20.8 Å². The second-order valence-electron chi connectivity index (χ2n) is 5.18. The van der Waals surface area contributed by atoms with Gasteiger partial charge in [-0.05, 0) is 33.6 Å². The van der Waals surface area contributed by atoms with Gasteiger partial charge in [0.05, 0.1) is 12.5 Å². The lowest BCUT2D eigenvalue weighted by Gasteiger charge is -2.19. The second-order valence-corrected chi connectivity index (χ2v) is 5.18. The third kappa shape index (κ3) is 6.08. The van der Waals surface area contributed by atoms with E-state index in [9.17, 15) is 4.79 Å². The van der Waals surface area contributed by atoms with E-state index < -0.39 is 0 Å². The first-order valence-electron chi connectivity index (χ1n) is 6.01. The molecule has 0 bridgehead atoms. The minimum atomic E-state index is -0.383. The Morgan fingerprint density at radius 2 is 2.25 bits per heavy atom. The zero-order chi connectivity index (χ0) is 12.0. The maximum absolute atomic E-state index is 11.4. The Hall–Kier alpha value is -0.610. The lowest BCUT2D eigenvalue weighted by atomic mass is 10.2. The number of carbonyl (C=O) groups is 1. The topological polar surface area (TPSA) is 47.6 Å². The standard InChI is InChI=1S/C12H23NO3/c1-12(2,3)16-11(14)6-7-13-9-10-5-4-8-15-10/h10,13H,4-9H2,1-3H3. The molecule has 0 aromatic carbocycles. The summed E-state index contributed by atoms with van der Waals surface area (Å²) in [6.45, 7) is 8.01. The molecule has 16 heavy (non-hydrogen) atoms. The number of nitrogens with one attached hydrogen (secondary N) is 1. The first kappa shape index (κ1) is 13.5. The fourth-order valence-electron chi connectivity index (χ4n) is 1.65. The molecule has 0 aliphatic carbocycles. The minimum absolute atomic E-state index is 0.146. The summed E-state index contributed by atoms with van der Waals surface area (Å²) in [6.07, 6.45) is 3.03. The Labute approximate surface area is 97.7 Å². The molecule has 0 radical (unpaired) electrons. The van der Waals surface area contributed by atoms with E-state index in [1.165, 1.54) is 0 Å². The average molecular weight is 229 g/mol. The Kier molecular flexibility index (Phi) is 5.22. The van der Waals surface area contributed by atoms with Crippen LogP contribution in [0.5, 0.6) is 0 Å². The molecule has 1 heterocycles. The molecule has 1 atom stereocenters. The SMILES string of the molecule is CC(C)(C)OC(=O)CCNCC1CCCO1. The van der Waals surface area contributed by atoms with E-state index in [0.717, 1.165) is 26.0 Å². The van der Waals surface area contributed by atoms with Crippen LogP contribution in [0.2, 0.25) is 0 Å². The zero-order valence-electron chi connectivity index (χ0n) is 10.5. The van der Waals surface area contributed by atoms with Gasteiger partial charge < -0.3 is 14.8 Å². The van der Waals surface area contributed by atoms with Crippen LogP contribution in [-0.4, -0.2) is 37.4 Å². The summed E-state index contributed by atoms with van der Waals surface area (Å²) in [5, 5.41) is 3.22. The van der Waals surface area contributed by atoms with Gasteiger partial charge in [-0.15, -0.1) is 0 Å². The van der Waals surface area contributed by atoms with Crippen molar-refractivity contribution in [3.8, 4) is 0 Å². The normalized spacial score (nSPS) is 21.1. The number of hydrogen-bond acceptors (Lipinski definition) is 4. The van der Waals surface area contributed by atoms with Crippen molar-refractivity contribution in [2.45, 2.75) is 51.7 Å². The Balaban J connectivity index is 2.00. The van der Waals surface area contributed by atoms with Crippen LogP contribution in [0.25, 0.3) is 0 Å². The summed E-state index contributed by atoms with van der Waals surface area (Å²) in [6, 6.07) is 0. The van der Waals surface area contributed by atoms with E-state index in [2.05, 4.69) is 5.32 Å². The van der Waals surface area contributed by atoms with Crippen molar-refractivity contribution in [2.24, 2.45) is 0 Å². The number of hydrogen-bond donors (Lipinski definition) is 1. The predicted octanol–water partition coefficient (Wildman–Crippen LogP) is 1.49. The van der Waals surface area contributed by atoms with Gasteiger partial charge in [0.1, 0.15) is 5.60 Å². The van der Waals surface area contributed by atoms with Gasteiger partial charge in [0.2, 0.25) is 0 Å². The van der Waals surface area contributed by atoms with Crippen LogP contribution in [0.1, 0.15) is 40.0 Å². The quantitative estimate of drug-likeness (QED) is 0.573. The molecule has 0 aromatic heterocycles. The fourth-order valence-corrected chi connectivity index (χ4v) is 1.65. The van der Waals surface area contributed by atoms with Crippen molar-refractivity contribution >= 4 is 5.97 Å². The lowest BCUT2D eigenvalue weighted by Crippen LogP contribution is -2.30. The molecule has 0 saturated carbocycles. The molecule has 94 valence electrons. The van der Waals surface area contributed by atoms with Gasteiger partial charge in [0.25, 0.3) is 0 Å². The number of ether oxygens (including phenoxy) is 2. The second kappa shape index (κ2) is 6.21. The number of esters is 1. The highest BCUT2D eigenvalue weighted by molar-refractivity contribution is 5.70. The van der Waals surface area contributed by atoms with Crippen LogP contribution in [-0.2, 0) is 14.3 Å². The van der Waals surface area contributed by atoms with Gasteiger partial charge in [0, 0.05) is 19.7 Å². The smallest absolute Gasteiger partial charge is 0.307 e. The summed E-state index contributed by atoms with van der Waals surface area (Å²) in [4.78, 5) is 11.4. The largest absolute Gasteiger partial charge is 0.460 e. The van der Waals surface area contributed by atoms with E-state index in [-0.39, 0.29) is 11.6 Å². The summed E-state index contributed by atoms with van der Waals surface area (Å²) in [5.41, 5.74) is -0.383. The molecular weight excluding hydrogens is 206 g/mol. The summed E-state index contributed by atoms with van der Waals surface area (Å²) in [5.74, 6) is -0.146. The molecule has 1 N–H and O–H groups in total. The molecule has 4 nitrogen and oxygen atoms in total. The minimum Gasteiger partial charge on any atom is -0.460 e. The molecule has 1 saturated heterocycles. The van der Waals surface area contributed by atoms with Crippen molar-refractivity contribution in [3.63, 3.8) is 0 Å². The van der Waals surface area contributed by atoms with Crippen LogP contribution in [0, 0.1) is 0 Å². The molecule has 0 spiro atoms. The number of rotatable bonds is 5. The van der Waals surface area contributed by atoms with Gasteiger partial charge >= 0.3 is 5.97 Å². The molecule has 1 unspecified atom stereocenters. The third-order valence-electron chi connectivity index (χ3n) is 2.32. The summed E-state index contributed by atoms with van der Waals surface area (Å²) < 4.78 is 10.7. The average Bonchev–Trinajstić information content (AvgIpc) is 2.62. The van der Waals surface area contributed by atoms with Crippen LogP contribution in [0.15, 0.2) is 0 Å². The maximum atomic E-state index is 11.4. The highest BCUT2D eigenvalue weighted by Gasteiger charge is 2.17. The summed E-state index contributed by atoms with van der Waals surface area (Å²) >= 11 is 0. The predicted molar refractivity (Wildman–Crippen MR) is 62.3 cm³/mol. The van der Waals surface area contributed by atoms with Crippen molar-refractivity contribution in [3.05, 3.63) is 0 Å². The van der Waals surface area contributed by atoms with Gasteiger partial charge in [0.15, 0.2) is 0 Å². The Bertz CT molecular complexity index is 217. The maximum Gasteiger partial charge on any atom is 0.307 e. The summed E-state index contributed by atoms with van der Waals surface area (Å²) in [7, 11) is 0. The van der Waals surface area contributed by atoms with Crippen LogP contribution < -0.4 is 5.32 Å². The van der Waals surface area contributed by atoms with Crippen molar-refractivity contribution in [1.82, 2.24) is 5.32 Å². The van der Waals surface area contributed by atoms with Crippen LogP contribution in [0.4, 0.5) is 0 Å². The molecule has 1 rings (SSSR count). The van der Waals surface area contributed by atoms with E-state index in [4.69, 9.17) is 9.47 Å². The highest BCUT2D eigenvalue weighted by Crippen LogP contribution is 2.10. The van der Waals surface area contributed by atoms with E-state index >= 15 is 0 Å². The van der Waals surface area contributed by atoms with Gasteiger partial charge in [-0.3, -0.25) is 4.79 Å². The van der Waals surface area contributed by atoms with Crippen LogP contribution in [0.3, 0.4) is 0 Å². The fraction of sp³-hybridized carbons (Fsp3) is 0.917. The van der Waals surface area contributed by atoms with Crippen molar-refractivity contribution in [2.75, 3.05) is 19.7 Å². The van der Waals surface area contributed by atoms with Crippen molar-refractivity contribution in [1.29, 1.82) is 0 Å². The molecular formula is C12H23NO3. The lowest BCUT2D eigenvalue weighted by molar-refractivity contribution is -0.154. The molecule has 1 aliphatic rings. The number of carbonyl (C=O) groups excluding carboxylic acids is 1. The van der Waals surface area contributed by atoms with Gasteiger partial charge in [-0.1, -0.05) is 0 Å². The molecule has 4 heteroatoms. The first-order chi connectivity index (χ1) is 7.47. The molecule has 0 amide bonds. The monoisotopic (exact) mass is 229 g/mol. The van der Waals surface area contributed by atoms with Gasteiger partial charge in [-0.2, -0.15) is 0 Å². The first-order valence-corrected chi connectivity index (χ1v) is 6.01. The molecule has 1 aliphatic heterocycles. The highest BCUT2D eigenvalue weighted by atomic mass is 16.6. The van der Waals surface area contributed by atoms with Crippen LogP contribution >= 0.6 is 0 Å². The van der Waals surface area contributed by atoms with Crippen molar-refractivity contribution < 1.29 is 14.3 Å². The molecule has 0 aromatic rings. The van der Waals surface area contributed by atoms with E-state index in [0.29, 0.717) is 19.1 Å². The van der Waals surface area contributed by atoms with E-state index in [1.54, 1.807) is 0 Å². The Morgan fingerprint density at radius 1 is 1.50 bits per heavy atom. The molecule has 1 fully saturated rings.